The summed E-state index contributed by atoms with van der Waals surface area (Å²) in [7, 11) is 0. The Bertz CT molecular complexity index is 673. The van der Waals surface area contributed by atoms with Gasteiger partial charge in [0.25, 0.3) is 0 Å². The fraction of sp³-hybridized carbons (Fsp3) is 0.412. The number of hydrogen-bond acceptors (Lipinski definition) is 3. The van der Waals surface area contributed by atoms with E-state index in [4.69, 9.17) is 0 Å². The summed E-state index contributed by atoms with van der Waals surface area (Å²) in [4.78, 5) is 16.8. The van der Waals surface area contributed by atoms with Crippen LogP contribution in [0.15, 0.2) is 36.8 Å². The minimum absolute atomic E-state index is 0.0419. The third kappa shape index (κ3) is 2.84. The van der Waals surface area contributed by atoms with E-state index in [1.807, 2.05) is 38.5 Å². The molecule has 2 N–H and O–H groups in total. The molecular formula is C17H21N3O2. The van der Waals surface area contributed by atoms with Crippen molar-refractivity contribution in [1.82, 2.24) is 14.9 Å². The average molecular weight is 299 g/mol. The van der Waals surface area contributed by atoms with Crippen LogP contribution in [-0.4, -0.2) is 20.6 Å². The summed E-state index contributed by atoms with van der Waals surface area (Å²) in [5, 5.41) is 12.5. The molecule has 0 saturated heterocycles. The van der Waals surface area contributed by atoms with Gasteiger partial charge in [-0.2, -0.15) is 0 Å². The first-order valence-corrected chi connectivity index (χ1v) is 7.54. The summed E-state index contributed by atoms with van der Waals surface area (Å²) >= 11 is 0. The molecule has 5 nitrogen and oxygen atoms in total. The van der Waals surface area contributed by atoms with Crippen LogP contribution in [0.1, 0.15) is 37.6 Å². The fourth-order valence-corrected chi connectivity index (χ4v) is 2.93. The van der Waals surface area contributed by atoms with Crippen LogP contribution < -0.4 is 5.32 Å². The molecule has 2 aromatic rings. The number of amides is 1. The molecule has 1 atom stereocenters. The van der Waals surface area contributed by atoms with Gasteiger partial charge < -0.3 is 15.0 Å². The summed E-state index contributed by atoms with van der Waals surface area (Å²) in [6.07, 6.45) is 5.18. The number of aryl methyl sites for hydroxylation is 1. The molecule has 116 valence electrons. The van der Waals surface area contributed by atoms with Gasteiger partial charge in [-0.05, 0) is 30.5 Å². The van der Waals surface area contributed by atoms with Crippen LogP contribution in [0.3, 0.4) is 0 Å². The van der Waals surface area contributed by atoms with Crippen LogP contribution in [0, 0.1) is 5.41 Å². The number of nitrogens with zero attached hydrogens (tertiary/aromatic N) is 2. The molecule has 5 heteroatoms. The lowest BCUT2D eigenvalue weighted by Gasteiger charge is -2.26. The van der Waals surface area contributed by atoms with Crippen LogP contribution in [0.2, 0.25) is 0 Å². The Morgan fingerprint density at radius 2 is 2.14 bits per heavy atom. The highest BCUT2D eigenvalue weighted by molar-refractivity contribution is 5.82. The second-order valence-electron chi connectivity index (χ2n) is 6.55. The van der Waals surface area contributed by atoms with E-state index in [1.165, 1.54) is 0 Å². The number of nitrogens with one attached hydrogen (secondary N) is 1. The number of phenols is 1. The molecule has 1 aliphatic heterocycles. The average Bonchev–Trinajstić information content (AvgIpc) is 3.06. The number of fused-ring (bicyclic) bond motifs is 1. The van der Waals surface area contributed by atoms with Crippen LogP contribution in [-0.2, 0) is 17.8 Å². The molecular weight excluding hydrogens is 278 g/mol. The summed E-state index contributed by atoms with van der Waals surface area (Å²) in [6.45, 7) is 4.79. The number of aromatic hydroxyl groups is 1. The van der Waals surface area contributed by atoms with Crippen molar-refractivity contribution in [2.45, 2.75) is 39.3 Å². The zero-order valence-electron chi connectivity index (χ0n) is 12.9. The SMILES string of the molecule is CC(C)(Cc1ccc(O)cc1)C(=O)N[C@H]1CCn2cncc21. The lowest BCUT2D eigenvalue weighted by Crippen LogP contribution is -2.39. The van der Waals surface area contributed by atoms with Crippen molar-refractivity contribution in [3.8, 4) is 5.75 Å². The van der Waals surface area contributed by atoms with Gasteiger partial charge in [0, 0.05) is 12.0 Å². The van der Waals surface area contributed by atoms with Crippen molar-refractivity contribution >= 4 is 5.91 Å². The van der Waals surface area contributed by atoms with E-state index in [0.717, 1.165) is 24.2 Å². The smallest absolute Gasteiger partial charge is 0.226 e. The Hall–Kier alpha value is -2.30. The van der Waals surface area contributed by atoms with Crippen molar-refractivity contribution in [3.63, 3.8) is 0 Å². The lowest BCUT2D eigenvalue weighted by atomic mass is 9.84. The standard InChI is InChI=1S/C17H21N3O2/c1-17(2,9-12-3-5-13(21)6-4-12)16(22)19-14-7-8-20-11-18-10-15(14)20/h3-6,10-11,14,21H,7-9H2,1-2H3,(H,19,22)/t14-/m0/s1. The van der Waals surface area contributed by atoms with Gasteiger partial charge in [-0.25, -0.2) is 4.98 Å². The Labute approximate surface area is 130 Å². The number of aromatic nitrogens is 2. The number of imidazole rings is 1. The molecule has 0 unspecified atom stereocenters. The highest BCUT2D eigenvalue weighted by Gasteiger charge is 2.32. The molecule has 0 saturated carbocycles. The summed E-state index contributed by atoms with van der Waals surface area (Å²) in [5.74, 6) is 0.283. The van der Waals surface area contributed by atoms with Gasteiger partial charge in [0.1, 0.15) is 5.75 Å². The van der Waals surface area contributed by atoms with Crippen molar-refractivity contribution in [1.29, 1.82) is 0 Å². The van der Waals surface area contributed by atoms with Gasteiger partial charge in [-0.15, -0.1) is 0 Å². The predicted molar refractivity (Wildman–Crippen MR) is 83.3 cm³/mol. The molecule has 0 spiro atoms. The molecule has 22 heavy (non-hydrogen) atoms. The van der Waals surface area contributed by atoms with E-state index < -0.39 is 5.41 Å². The first-order valence-electron chi connectivity index (χ1n) is 7.54. The molecule has 1 amide bonds. The van der Waals surface area contributed by atoms with Crippen LogP contribution in [0.4, 0.5) is 0 Å². The highest BCUT2D eigenvalue weighted by Crippen LogP contribution is 2.28. The largest absolute Gasteiger partial charge is 0.508 e. The predicted octanol–water partition coefficient (Wildman–Crippen LogP) is 2.42. The van der Waals surface area contributed by atoms with E-state index in [9.17, 15) is 9.90 Å². The number of hydrogen-bond donors (Lipinski definition) is 2. The third-order valence-electron chi connectivity index (χ3n) is 4.26. The number of carbonyl (C=O) groups is 1. The van der Waals surface area contributed by atoms with Crippen molar-refractivity contribution in [3.05, 3.63) is 48.0 Å². The second-order valence-corrected chi connectivity index (χ2v) is 6.55. The topological polar surface area (TPSA) is 67.2 Å². The van der Waals surface area contributed by atoms with E-state index >= 15 is 0 Å². The number of carbonyl (C=O) groups excluding carboxylic acids is 1. The molecule has 1 aromatic heterocycles. The minimum Gasteiger partial charge on any atom is -0.508 e. The van der Waals surface area contributed by atoms with Gasteiger partial charge in [0.05, 0.1) is 24.3 Å². The first-order chi connectivity index (χ1) is 10.5. The second kappa shape index (κ2) is 5.48. The maximum absolute atomic E-state index is 12.6. The van der Waals surface area contributed by atoms with Gasteiger partial charge in [0.15, 0.2) is 0 Å². The van der Waals surface area contributed by atoms with E-state index in [1.54, 1.807) is 12.1 Å². The zero-order chi connectivity index (χ0) is 15.7. The number of benzene rings is 1. The summed E-state index contributed by atoms with van der Waals surface area (Å²) < 4.78 is 2.08. The molecule has 3 rings (SSSR count). The number of rotatable bonds is 4. The van der Waals surface area contributed by atoms with Crippen LogP contribution in [0.25, 0.3) is 0 Å². The van der Waals surface area contributed by atoms with E-state index in [2.05, 4.69) is 14.9 Å². The molecule has 0 aliphatic carbocycles. The summed E-state index contributed by atoms with van der Waals surface area (Å²) in [6, 6.07) is 7.07. The van der Waals surface area contributed by atoms with Crippen molar-refractivity contribution in [2.75, 3.05) is 0 Å². The Balaban J connectivity index is 1.67. The Morgan fingerprint density at radius 3 is 2.86 bits per heavy atom. The molecule has 0 radical (unpaired) electrons. The first kappa shape index (κ1) is 14.6. The molecule has 0 bridgehead atoms. The van der Waals surface area contributed by atoms with Gasteiger partial charge in [0.2, 0.25) is 5.91 Å². The van der Waals surface area contributed by atoms with Gasteiger partial charge in [-0.3, -0.25) is 4.79 Å². The maximum atomic E-state index is 12.6. The molecule has 1 aliphatic rings. The lowest BCUT2D eigenvalue weighted by molar-refractivity contribution is -0.130. The van der Waals surface area contributed by atoms with Gasteiger partial charge >= 0.3 is 0 Å². The Kier molecular flexibility index (Phi) is 3.64. The van der Waals surface area contributed by atoms with E-state index in [0.29, 0.717) is 6.42 Å². The zero-order valence-corrected chi connectivity index (χ0v) is 12.9. The molecule has 1 aromatic carbocycles. The highest BCUT2D eigenvalue weighted by atomic mass is 16.3. The van der Waals surface area contributed by atoms with Crippen molar-refractivity contribution < 1.29 is 9.90 Å². The Morgan fingerprint density at radius 1 is 1.41 bits per heavy atom. The summed E-state index contributed by atoms with van der Waals surface area (Å²) in [5.41, 5.74) is 1.60. The van der Waals surface area contributed by atoms with Crippen LogP contribution in [0.5, 0.6) is 5.75 Å². The van der Waals surface area contributed by atoms with E-state index in [-0.39, 0.29) is 17.7 Å². The normalized spacial score (nSPS) is 17.3. The molecule has 0 fully saturated rings. The third-order valence-corrected chi connectivity index (χ3v) is 4.26. The fourth-order valence-electron chi connectivity index (χ4n) is 2.93. The minimum atomic E-state index is -0.510. The quantitative estimate of drug-likeness (QED) is 0.911. The van der Waals surface area contributed by atoms with Gasteiger partial charge in [-0.1, -0.05) is 26.0 Å². The monoisotopic (exact) mass is 299 g/mol. The maximum Gasteiger partial charge on any atom is 0.226 e. The number of phenolic OH excluding ortho intramolecular Hbond substituents is 1. The van der Waals surface area contributed by atoms with Crippen molar-refractivity contribution in [2.24, 2.45) is 5.41 Å². The molecule has 2 heterocycles. The van der Waals surface area contributed by atoms with Crippen LogP contribution >= 0.6 is 0 Å².